The third-order valence-electron chi connectivity index (χ3n) is 3.70. The fourth-order valence-electron chi connectivity index (χ4n) is 2.43. The van der Waals surface area contributed by atoms with Crippen molar-refractivity contribution in [3.8, 4) is 0 Å². The molecule has 0 aliphatic carbocycles. The minimum atomic E-state index is -3.20. The maximum Gasteiger partial charge on any atom is 0.218 e. The smallest absolute Gasteiger partial charge is 0.218 e. The lowest BCUT2D eigenvalue weighted by atomic mass is 10.0. The lowest BCUT2D eigenvalue weighted by Gasteiger charge is -2.20. The Hall–Kier alpha value is -1.07. The summed E-state index contributed by atoms with van der Waals surface area (Å²) in [7, 11) is -3.20. The summed E-state index contributed by atoms with van der Waals surface area (Å²) in [5.41, 5.74) is 7.06. The van der Waals surface area contributed by atoms with E-state index < -0.39 is 10.0 Å². The summed E-state index contributed by atoms with van der Waals surface area (Å²) >= 11 is 0. The van der Waals surface area contributed by atoms with Crippen molar-refractivity contribution < 1.29 is 8.42 Å². The Balaban J connectivity index is 2.07. The quantitative estimate of drug-likeness (QED) is 0.865. The van der Waals surface area contributed by atoms with Crippen LogP contribution in [0.15, 0.2) is 24.3 Å². The van der Waals surface area contributed by atoms with E-state index >= 15 is 0 Å². The lowest BCUT2D eigenvalue weighted by Crippen LogP contribution is -2.33. The first-order valence-corrected chi connectivity index (χ1v) is 8.40. The average molecular weight is 282 g/mol. The van der Waals surface area contributed by atoms with Crippen LogP contribution in [0.2, 0.25) is 0 Å². The summed E-state index contributed by atoms with van der Waals surface area (Å²) in [6.45, 7) is 3.50. The molecule has 1 unspecified atom stereocenters. The molecule has 1 fully saturated rings. The van der Waals surface area contributed by atoms with Crippen molar-refractivity contribution in [1.82, 2.24) is 4.31 Å². The largest absolute Gasteiger partial charge is 0.399 e. The number of nitrogen functional groups attached to an aromatic ring is 1. The third-order valence-corrected chi connectivity index (χ3v) is 5.55. The maximum absolute atomic E-state index is 12.4. The fourth-order valence-corrected chi connectivity index (χ4v) is 4.02. The van der Waals surface area contributed by atoms with Gasteiger partial charge >= 0.3 is 0 Å². The third kappa shape index (κ3) is 3.94. The number of benzene rings is 1. The van der Waals surface area contributed by atoms with Gasteiger partial charge in [-0.15, -0.1) is 0 Å². The van der Waals surface area contributed by atoms with Crippen LogP contribution in [0.3, 0.4) is 0 Å². The molecule has 1 aromatic rings. The van der Waals surface area contributed by atoms with Gasteiger partial charge in [-0.3, -0.25) is 0 Å². The molecular weight excluding hydrogens is 260 g/mol. The molecule has 1 aromatic carbocycles. The van der Waals surface area contributed by atoms with E-state index in [-0.39, 0.29) is 5.75 Å². The number of nitrogens with zero attached hydrogens (tertiary/aromatic N) is 1. The van der Waals surface area contributed by atoms with E-state index in [4.69, 9.17) is 5.73 Å². The summed E-state index contributed by atoms with van der Waals surface area (Å²) < 4.78 is 26.4. The highest BCUT2D eigenvalue weighted by Gasteiger charge is 2.24. The zero-order chi connectivity index (χ0) is 13.9. The van der Waals surface area contributed by atoms with Gasteiger partial charge in [0.2, 0.25) is 10.0 Å². The lowest BCUT2D eigenvalue weighted by molar-refractivity contribution is 0.416. The molecule has 1 heterocycles. The summed E-state index contributed by atoms with van der Waals surface area (Å²) in [6.07, 6.45) is 3.04. The first-order valence-electron chi connectivity index (χ1n) is 6.79. The standard InChI is InChI=1S/C14H22N2O2S/c1-12-3-2-9-16(10-8-12)19(17,18)11-13-4-6-14(15)7-5-13/h4-7,12H,2-3,8-11,15H2,1H3. The van der Waals surface area contributed by atoms with Gasteiger partial charge in [0, 0.05) is 18.8 Å². The van der Waals surface area contributed by atoms with Crippen molar-refractivity contribution in [2.75, 3.05) is 18.8 Å². The molecule has 1 atom stereocenters. The van der Waals surface area contributed by atoms with Crippen LogP contribution in [0.25, 0.3) is 0 Å². The Kier molecular flexibility index (Phi) is 4.47. The molecular formula is C14H22N2O2S. The van der Waals surface area contributed by atoms with Crippen molar-refractivity contribution in [3.63, 3.8) is 0 Å². The van der Waals surface area contributed by atoms with Crippen LogP contribution in [0.5, 0.6) is 0 Å². The minimum Gasteiger partial charge on any atom is -0.399 e. The van der Waals surface area contributed by atoms with E-state index in [1.54, 1.807) is 28.6 Å². The first-order chi connectivity index (χ1) is 8.97. The zero-order valence-corrected chi connectivity index (χ0v) is 12.2. The second kappa shape index (κ2) is 5.92. The van der Waals surface area contributed by atoms with Gasteiger partial charge in [0.15, 0.2) is 0 Å². The molecule has 1 aliphatic rings. The van der Waals surface area contributed by atoms with Gasteiger partial charge in [-0.25, -0.2) is 12.7 Å². The molecule has 19 heavy (non-hydrogen) atoms. The number of anilines is 1. The molecule has 4 nitrogen and oxygen atoms in total. The van der Waals surface area contributed by atoms with Gasteiger partial charge in [-0.05, 0) is 42.9 Å². The molecule has 0 spiro atoms. The average Bonchev–Trinajstić information content (AvgIpc) is 2.57. The highest BCUT2D eigenvalue weighted by molar-refractivity contribution is 7.88. The van der Waals surface area contributed by atoms with Gasteiger partial charge in [0.25, 0.3) is 0 Å². The normalized spacial score (nSPS) is 22.1. The summed E-state index contributed by atoms with van der Waals surface area (Å²) in [6, 6.07) is 7.06. The second-order valence-electron chi connectivity index (χ2n) is 5.43. The highest BCUT2D eigenvalue weighted by atomic mass is 32.2. The van der Waals surface area contributed by atoms with E-state index in [1.165, 1.54) is 0 Å². The van der Waals surface area contributed by atoms with Gasteiger partial charge in [-0.1, -0.05) is 19.1 Å². The Bertz CT molecular complexity index is 511. The highest BCUT2D eigenvalue weighted by Crippen LogP contribution is 2.20. The van der Waals surface area contributed by atoms with Crippen molar-refractivity contribution >= 4 is 15.7 Å². The Labute approximate surface area is 115 Å². The molecule has 0 bridgehead atoms. The summed E-state index contributed by atoms with van der Waals surface area (Å²) in [5, 5.41) is 0. The molecule has 2 N–H and O–H groups in total. The summed E-state index contributed by atoms with van der Waals surface area (Å²) in [4.78, 5) is 0. The Morgan fingerprint density at radius 3 is 2.58 bits per heavy atom. The molecule has 5 heteroatoms. The van der Waals surface area contributed by atoms with Gasteiger partial charge in [0.1, 0.15) is 0 Å². The molecule has 1 aliphatic heterocycles. The van der Waals surface area contributed by atoms with E-state index in [1.807, 2.05) is 0 Å². The van der Waals surface area contributed by atoms with Gasteiger partial charge in [-0.2, -0.15) is 0 Å². The predicted molar refractivity (Wildman–Crippen MR) is 78.1 cm³/mol. The second-order valence-corrected chi connectivity index (χ2v) is 7.40. The SMILES string of the molecule is CC1CCCN(S(=O)(=O)Cc2ccc(N)cc2)CC1. The first kappa shape index (κ1) is 14.3. The monoisotopic (exact) mass is 282 g/mol. The van der Waals surface area contributed by atoms with Crippen molar-refractivity contribution in [2.24, 2.45) is 5.92 Å². The van der Waals surface area contributed by atoms with Crippen LogP contribution in [0.1, 0.15) is 31.7 Å². The van der Waals surface area contributed by atoms with E-state index in [0.29, 0.717) is 24.7 Å². The fraction of sp³-hybridized carbons (Fsp3) is 0.571. The van der Waals surface area contributed by atoms with Gasteiger partial charge in [0.05, 0.1) is 5.75 Å². The van der Waals surface area contributed by atoms with E-state index in [2.05, 4.69) is 6.92 Å². The summed E-state index contributed by atoms with van der Waals surface area (Å²) in [5.74, 6) is 0.693. The molecule has 0 aromatic heterocycles. The van der Waals surface area contributed by atoms with Crippen molar-refractivity contribution in [1.29, 1.82) is 0 Å². The Morgan fingerprint density at radius 1 is 1.21 bits per heavy atom. The molecule has 1 saturated heterocycles. The van der Waals surface area contributed by atoms with Crippen LogP contribution in [0.4, 0.5) is 5.69 Å². The van der Waals surface area contributed by atoms with Crippen LogP contribution >= 0.6 is 0 Å². The van der Waals surface area contributed by atoms with Crippen LogP contribution in [0, 0.1) is 5.92 Å². The minimum absolute atomic E-state index is 0.0711. The Morgan fingerprint density at radius 2 is 1.89 bits per heavy atom. The zero-order valence-electron chi connectivity index (χ0n) is 11.4. The number of rotatable bonds is 3. The number of nitrogens with two attached hydrogens (primary N) is 1. The molecule has 2 rings (SSSR count). The van der Waals surface area contributed by atoms with Crippen molar-refractivity contribution in [3.05, 3.63) is 29.8 Å². The maximum atomic E-state index is 12.4. The molecule has 0 radical (unpaired) electrons. The van der Waals surface area contributed by atoms with Gasteiger partial charge < -0.3 is 5.73 Å². The number of sulfonamides is 1. The van der Waals surface area contributed by atoms with Crippen molar-refractivity contribution in [2.45, 2.75) is 31.9 Å². The molecule has 0 amide bonds. The number of hydrogen-bond donors (Lipinski definition) is 1. The molecule has 106 valence electrons. The topological polar surface area (TPSA) is 63.4 Å². The van der Waals surface area contributed by atoms with Crippen LogP contribution in [-0.4, -0.2) is 25.8 Å². The van der Waals surface area contributed by atoms with E-state index in [0.717, 1.165) is 24.8 Å². The number of hydrogen-bond acceptors (Lipinski definition) is 3. The van der Waals surface area contributed by atoms with Crippen LogP contribution in [-0.2, 0) is 15.8 Å². The van der Waals surface area contributed by atoms with Crippen LogP contribution < -0.4 is 5.73 Å². The molecule has 0 saturated carbocycles. The predicted octanol–water partition coefficient (Wildman–Crippen LogP) is 2.22. The van der Waals surface area contributed by atoms with E-state index in [9.17, 15) is 8.42 Å².